The van der Waals surface area contributed by atoms with Gasteiger partial charge in [-0.15, -0.1) is 0 Å². The lowest BCUT2D eigenvalue weighted by Gasteiger charge is -2.39. The molecule has 7 nitrogen and oxygen atoms in total. The number of carbonyl (C=O) groups excluding carboxylic acids is 1. The van der Waals surface area contributed by atoms with E-state index < -0.39 is 11.4 Å². The molecule has 0 saturated carbocycles. The van der Waals surface area contributed by atoms with Gasteiger partial charge in [0.05, 0.1) is 25.9 Å². The standard InChI is InChI=1S/C21H31NO6/c1-15(2)8-11-28-18-12-16(27-4)6-7-17(18)19(23)22-10-5-9-21(13-22,14-26-3)20(24)25/h6-7,12,15H,5,8-11,13-14H2,1-4H3,(H,24,25). The van der Waals surface area contributed by atoms with Gasteiger partial charge in [-0.25, -0.2) is 0 Å². The summed E-state index contributed by atoms with van der Waals surface area (Å²) in [5.74, 6) is 0.382. The first kappa shape index (κ1) is 22.0. The quantitative estimate of drug-likeness (QED) is 0.694. The van der Waals surface area contributed by atoms with Crippen LogP contribution in [0.5, 0.6) is 11.5 Å². The van der Waals surface area contributed by atoms with Crippen molar-refractivity contribution in [1.82, 2.24) is 4.90 Å². The smallest absolute Gasteiger partial charge is 0.313 e. The molecule has 1 aromatic carbocycles. The van der Waals surface area contributed by atoms with Gasteiger partial charge in [0.15, 0.2) is 0 Å². The predicted molar refractivity (Wildman–Crippen MR) is 105 cm³/mol. The number of hydrogen-bond acceptors (Lipinski definition) is 5. The second-order valence-electron chi connectivity index (χ2n) is 7.74. The zero-order valence-corrected chi connectivity index (χ0v) is 17.2. The minimum atomic E-state index is -1.08. The summed E-state index contributed by atoms with van der Waals surface area (Å²) in [4.78, 5) is 26.7. The number of carboxylic acid groups (broad SMARTS) is 1. The Morgan fingerprint density at radius 3 is 2.64 bits per heavy atom. The van der Waals surface area contributed by atoms with E-state index in [-0.39, 0.29) is 19.1 Å². The van der Waals surface area contributed by atoms with Crippen molar-refractivity contribution in [2.45, 2.75) is 33.1 Å². The number of benzene rings is 1. The first-order chi connectivity index (χ1) is 13.3. The van der Waals surface area contributed by atoms with Crippen LogP contribution < -0.4 is 9.47 Å². The molecule has 1 aliphatic heterocycles. The summed E-state index contributed by atoms with van der Waals surface area (Å²) >= 11 is 0. The Morgan fingerprint density at radius 2 is 2.04 bits per heavy atom. The third kappa shape index (κ3) is 5.16. The zero-order valence-electron chi connectivity index (χ0n) is 17.2. The van der Waals surface area contributed by atoms with Crippen molar-refractivity contribution in [2.75, 3.05) is 40.5 Å². The van der Waals surface area contributed by atoms with Gasteiger partial charge < -0.3 is 24.2 Å². The van der Waals surface area contributed by atoms with Crippen LogP contribution in [-0.4, -0.2) is 62.4 Å². The number of rotatable bonds is 9. The van der Waals surface area contributed by atoms with Crippen molar-refractivity contribution >= 4 is 11.9 Å². The highest BCUT2D eigenvalue weighted by molar-refractivity contribution is 5.97. The van der Waals surface area contributed by atoms with Crippen molar-refractivity contribution < 1.29 is 28.9 Å². The van der Waals surface area contributed by atoms with Gasteiger partial charge in [-0.1, -0.05) is 13.8 Å². The summed E-state index contributed by atoms with van der Waals surface area (Å²) in [7, 11) is 3.04. The molecule has 1 amide bonds. The van der Waals surface area contributed by atoms with E-state index in [1.54, 1.807) is 30.2 Å². The van der Waals surface area contributed by atoms with Gasteiger partial charge >= 0.3 is 5.97 Å². The SMILES string of the molecule is COCC1(C(=O)O)CCCN(C(=O)c2ccc(OC)cc2OCCC(C)C)C1. The number of aliphatic carboxylic acids is 1. The zero-order chi connectivity index (χ0) is 20.7. The maximum absolute atomic E-state index is 13.2. The second-order valence-corrected chi connectivity index (χ2v) is 7.74. The second kappa shape index (κ2) is 9.78. The monoisotopic (exact) mass is 393 g/mol. The Labute approximate surface area is 166 Å². The van der Waals surface area contributed by atoms with Gasteiger partial charge in [-0.05, 0) is 37.3 Å². The van der Waals surface area contributed by atoms with Crippen LogP contribution in [0.4, 0.5) is 0 Å². The highest BCUT2D eigenvalue weighted by atomic mass is 16.5. The van der Waals surface area contributed by atoms with Gasteiger partial charge in [0.1, 0.15) is 16.9 Å². The molecule has 7 heteroatoms. The normalized spacial score (nSPS) is 19.5. The lowest BCUT2D eigenvalue weighted by molar-refractivity contribution is -0.155. The van der Waals surface area contributed by atoms with E-state index in [1.165, 1.54) is 7.11 Å². The molecule has 1 heterocycles. The van der Waals surface area contributed by atoms with E-state index in [9.17, 15) is 14.7 Å². The maximum Gasteiger partial charge on any atom is 0.313 e. The lowest BCUT2D eigenvalue weighted by Crippen LogP contribution is -2.52. The average molecular weight is 393 g/mol. The fourth-order valence-electron chi connectivity index (χ4n) is 3.44. The Kier molecular flexibility index (Phi) is 7.69. The molecule has 2 rings (SSSR count). The lowest BCUT2D eigenvalue weighted by atomic mass is 9.80. The van der Waals surface area contributed by atoms with Gasteiger partial charge in [-0.2, -0.15) is 0 Å². The van der Waals surface area contributed by atoms with Crippen molar-refractivity contribution in [3.05, 3.63) is 23.8 Å². The molecule has 0 radical (unpaired) electrons. The van der Waals surface area contributed by atoms with Crippen LogP contribution in [0.15, 0.2) is 18.2 Å². The molecule has 28 heavy (non-hydrogen) atoms. The molecule has 1 saturated heterocycles. The molecule has 1 aliphatic rings. The van der Waals surface area contributed by atoms with E-state index in [2.05, 4.69) is 13.8 Å². The van der Waals surface area contributed by atoms with Crippen LogP contribution in [0.1, 0.15) is 43.5 Å². The molecular formula is C21H31NO6. The molecule has 0 aliphatic carbocycles. The van der Waals surface area contributed by atoms with Crippen LogP contribution in [0.2, 0.25) is 0 Å². The van der Waals surface area contributed by atoms with E-state index in [0.717, 1.165) is 6.42 Å². The van der Waals surface area contributed by atoms with Crippen LogP contribution in [-0.2, 0) is 9.53 Å². The highest BCUT2D eigenvalue weighted by Crippen LogP contribution is 2.33. The molecule has 0 spiro atoms. The number of carboxylic acids is 1. The number of amides is 1. The van der Waals surface area contributed by atoms with E-state index >= 15 is 0 Å². The van der Waals surface area contributed by atoms with Crippen LogP contribution in [0, 0.1) is 11.3 Å². The fraction of sp³-hybridized carbons (Fsp3) is 0.619. The van der Waals surface area contributed by atoms with E-state index in [1.807, 2.05) is 0 Å². The van der Waals surface area contributed by atoms with Crippen molar-refractivity contribution in [3.63, 3.8) is 0 Å². The Morgan fingerprint density at radius 1 is 1.29 bits per heavy atom. The van der Waals surface area contributed by atoms with Gasteiger partial charge in [0.25, 0.3) is 5.91 Å². The molecule has 156 valence electrons. The summed E-state index contributed by atoms with van der Waals surface area (Å²) in [5.41, 5.74) is -0.656. The summed E-state index contributed by atoms with van der Waals surface area (Å²) in [6.45, 7) is 5.41. The topological polar surface area (TPSA) is 85.3 Å². The molecule has 1 aromatic rings. The van der Waals surface area contributed by atoms with Crippen LogP contribution in [0.3, 0.4) is 0 Å². The third-order valence-corrected chi connectivity index (χ3v) is 5.11. The number of ether oxygens (including phenoxy) is 3. The number of hydrogen-bond donors (Lipinski definition) is 1. The first-order valence-corrected chi connectivity index (χ1v) is 9.65. The number of nitrogens with zero attached hydrogens (tertiary/aromatic N) is 1. The summed E-state index contributed by atoms with van der Waals surface area (Å²) in [5, 5.41) is 9.72. The number of carbonyl (C=O) groups is 2. The summed E-state index contributed by atoms with van der Waals surface area (Å²) < 4.78 is 16.3. The first-order valence-electron chi connectivity index (χ1n) is 9.65. The minimum absolute atomic E-state index is 0.0759. The van der Waals surface area contributed by atoms with E-state index in [0.29, 0.717) is 49.0 Å². The number of likely N-dealkylation sites (tertiary alicyclic amines) is 1. The highest BCUT2D eigenvalue weighted by Gasteiger charge is 2.44. The van der Waals surface area contributed by atoms with Crippen molar-refractivity contribution in [1.29, 1.82) is 0 Å². The van der Waals surface area contributed by atoms with Crippen molar-refractivity contribution in [3.8, 4) is 11.5 Å². The van der Waals surface area contributed by atoms with Crippen LogP contribution >= 0.6 is 0 Å². The molecular weight excluding hydrogens is 362 g/mol. The van der Waals surface area contributed by atoms with Gasteiger partial charge in [0.2, 0.25) is 0 Å². The Hall–Kier alpha value is -2.28. The van der Waals surface area contributed by atoms with Crippen LogP contribution in [0.25, 0.3) is 0 Å². The molecule has 0 bridgehead atoms. The average Bonchev–Trinajstić information content (AvgIpc) is 2.67. The van der Waals surface area contributed by atoms with Crippen molar-refractivity contribution in [2.24, 2.45) is 11.3 Å². The van der Waals surface area contributed by atoms with Gasteiger partial charge in [0, 0.05) is 26.3 Å². The van der Waals surface area contributed by atoms with Gasteiger partial charge in [-0.3, -0.25) is 9.59 Å². The third-order valence-electron chi connectivity index (χ3n) is 5.11. The predicted octanol–water partition coefficient (Wildman–Crippen LogP) is 3.07. The Bertz CT molecular complexity index is 685. The molecule has 1 atom stereocenters. The summed E-state index contributed by atoms with van der Waals surface area (Å²) in [6, 6.07) is 5.10. The molecule has 1 fully saturated rings. The fourth-order valence-corrected chi connectivity index (χ4v) is 3.44. The number of methoxy groups -OCH3 is 2. The molecule has 0 aromatic heterocycles. The maximum atomic E-state index is 13.2. The summed E-state index contributed by atoms with van der Waals surface area (Å²) in [6.07, 6.45) is 1.96. The largest absolute Gasteiger partial charge is 0.497 e. The van der Waals surface area contributed by atoms with E-state index in [4.69, 9.17) is 14.2 Å². The molecule has 1 N–H and O–H groups in total. The number of piperidine rings is 1. The minimum Gasteiger partial charge on any atom is -0.497 e. The molecule has 1 unspecified atom stereocenters. The Balaban J connectivity index is 2.25.